The highest BCUT2D eigenvalue weighted by Gasteiger charge is 2.14. The standard InChI is InChI=1S/C20H24ClNO3S2/c1-3-19(15-6-12-18(13-7-15)27(2,24)25)22-20(23)5-4-14-26-17-10-8-16(21)9-11-17/h6-13,19H,3-5,14H2,1-2H3,(H,22,23)/t19-/m1/s1. The summed E-state index contributed by atoms with van der Waals surface area (Å²) in [6.45, 7) is 1.99. The number of carbonyl (C=O) groups excluding carboxylic acids is 1. The van der Waals surface area contributed by atoms with Gasteiger partial charge in [0.25, 0.3) is 0 Å². The molecule has 1 N–H and O–H groups in total. The van der Waals surface area contributed by atoms with Crippen LogP contribution in [-0.4, -0.2) is 26.3 Å². The number of hydrogen-bond donors (Lipinski definition) is 1. The fourth-order valence-corrected chi connectivity index (χ4v) is 4.20. The number of carbonyl (C=O) groups is 1. The smallest absolute Gasteiger partial charge is 0.220 e. The van der Waals surface area contributed by atoms with E-state index in [9.17, 15) is 13.2 Å². The highest BCUT2D eigenvalue weighted by Crippen LogP contribution is 2.22. The summed E-state index contributed by atoms with van der Waals surface area (Å²) in [7, 11) is -3.21. The van der Waals surface area contributed by atoms with Gasteiger partial charge in [-0.2, -0.15) is 0 Å². The van der Waals surface area contributed by atoms with Crippen LogP contribution in [0.1, 0.15) is 37.8 Å². The predicted molar refractivity (Wildman–Crippen MR) is 112 cm³/mol. The molecule has 0 aliphatic rings. The van der Waals surface area contributed by atoms with E-state index in [1.54, 1.807) is 36.0 Å². The van der Waals surface area contributed by atoms with Crippen LogP contribution in [0.15, 0.2) is 58.3 Å². The summed E-state index contributed by atoms with van der Waals surface area (Å²) in [6, 6.07) is 14.2. The van der Waals surface area contributed by atoms with Crippen molar-refractivity contribution in [2.75, 3.05) is 12.0 Å². The third-order valence-corrected chi connectivity index (χ3v) is 6.56. The van der Waals surface area contributed by atoms with Crippen LogP contribution in [0.3, 0.4) is 0 Å². The third-order valence-electron chi connectivity index (χ3n) is 4.08. The Morgan fingerprint density at radius 2 is 1.74 bits per heavy atom. The van der Waals surface area contributed by atoms with E-state index < -0.39 is 9.84 Å². The second-order valence-corrected chi connectivity index (χ2v) is 9.90. The van der Waals surface area contributed by atoms with E-state index in [1.165, 1.54) is 6.26 Å². The minimum absolute atomic E-state index is 0.00532. The molecule has 0 fully saturated rings. The first-order valence-electron chi connectivity index (χ1n) is 8.77. The van der Waals surface area contributed by atoms with Crippen LogP contribution < -0.4 is 5.32 Å². The van der Waals surface area contributed by atoms with Gasteiger partial charge in [-0.15, -0.1) is 11.8 Å². The van der Waals surface area contributed by atoms with Crippen molar-refractivity contribution in [1.29, 1.82) is 0 Å². The van der Waals surface area contributed by atoms with Gasteiger partial charge >= 0.3 is 0 Å². The lowest BCUT2D eigenvalue weighted by Crippen LogP contribution is -2.28. The fourth-order valence-electron chi connectivity index (χ4n) is 2.59. The van der Waals surface area contributed by atoms with Crippen molar-refractivity contribution in [2.45, 2.75) is 42.0 Å². The van der Waals surface area contributed by atoms with Crippen LogP contribution in [0.25, 0.3) is 0 Å². The van der Waals surface area contributed by atoms with Crippen molar-refractivity contribution >= 4 is 39.1 Å². The predicted octanol–water partition coefficient (Wildman–Crippen LogP) is 4.88. The summed E-state index contributed by atoms with van der Waals surface area (Å²) in [6.07, 6.45) is 3.16. The molecule has 0 aliphatic carbocycles. The fraction of sp³-hybridized carbons (Fsp3) is 0.350. The van der Waals surface area contributed by atoms with Crippen LogP contribution in [-0.2, 0) is 14.6 Å². The number of rotatable bonds is 9. The van der Waals surface area contributed by atoms with Crippen molar-refractivity contribution < 1.29 is 13.2 Å². The molecule has 0 aromatic heterocycles. The highest BCUT2D eigenvalue weighted by atomic mass is 35.5. The molecule has 27 heavy (non-hydrogen) atoms. The summed E-state index contributed by atoms with van der Waals surface area (Å²) >= 11 is 7.57. The Hall–Kier alpha value is -1.50. The Morgan fingerprint density at radius 3 is 2.30 bits per heavy atom. The summed E-state index contributed by atoms with van der Waals surface area (Å²) < 4.78 is 23.1. The molecule has 0 heterocycles. The lowest BCUT2D eigenvalue weighted by atomic mass is 10.0. The minimum atomic E-state index is -3.21. The van der Waals surface area contributed by atoms with Crippen molar-refractivity contribution in [3.05, 3.63) is 59.1 Å². The van der Waals surface area contributed by atoms with Crippen LogP contribution in [0.2, 0.25) is 5.02 Å². The van der Waals surface area contributed by atoms with Gasteiger partial charge in [-0.3, -0.25) is 4.79 Å². The van der Waals surface area contributed by atoms with E-state index in [1.807, 2.05) is 31.2 Å². The zero-order valence-electron chi connectivity index (χ0n) is 15.4. The lowest BCUT2D eigenvalue weighted by molar-refractivity contribution is -0.121. The van der Waals surface area contributed by atoms with Gasteiger partial charge in [-0.1, -0.05) is 30.7 Å². The Morgan fingerprint density at radius 1 is 1.11 bits per heavy atom. The zero-order chi connectivity index (χ0) is 19.9. The van der Waals surface area contributed by atoms with Gasteiger partial charge in [0.1, 0.15) is 0 Å². The van der Waals surface area contributed by atoms with Gasteiger partial charge in [-0.05, 0) is 60.6 Å². The number of thioether (sulfide) groups is 1. The van der Waals surface area contributed by atoms with Gasteiger partial charge in [0.15, 0.2) is 9.84 Å². The maximum absolute atomic E-state index is 12.2. The second-order valence-electron chi connectivity index (χ2n) is 6.28. The molecule has 146 valence electrons. The second kappa shape index (κ2) is 10.2. The quantitative estimate of drug-likeness (QED) is 0.459. The molecule has 1 amide bonds. The number of amides is 1. The number of benzene rings is 2. The molecule has 7 heteroatoms. The summed E-state index contributed by atoms with van der Waals surface area (Å²) in [5.74, 6) is 0.861. The monoisotopic (exact) mass is 425 g/mol. The van der Waals surface area contributed by atoms with E-state index in [2.05, 4.69) is 5.32 Å². The van der Waals surface area contributed by atoms with Gasteiger partial charge in [-0.25, -0.2) is 8.42 Å². The molecule has 1 atom stereocenters. The Kier molecular flexibility index (Phi) is 8.20. The summed E-state index contributed by atoms with van der Waals surface area (Å²) in [4.78, 5) is 13.7. The molecule has 2 aromatic rings. The van der Waals surface area contributed by atoms with Crippen molar-refractivity contribution in [3.63, 3.8) is 0 Å². The van der Waals surface area contributed by atoms with E-state index in [4.69, 9.17) is 11.6 Å². The molecule has 0 radical (unpaired) electrons. The lowest BCUT2D eigenvalue weighted by Gasteiger charge is -2.18. The van der Waals surface area contributed by atoms with E-state index in [-0.39, 0.29) is 16.8 Å². The molecule has 0 aliphatic heterocycles. The Labute approximate surface area is 170 Å². The highest BCUT2D eigenvalue weighted by molar-refractivity contribution is 7.99. The zero-order valence-corrected chi connectivity index (χ0v) is 17.8. The molecule has 0 saturated heterocycles. The van der Waals surface area contributed by atoms with Crippen molar-refractivity contribution in [1.82, 2.24) is 5.32 Å². The third kappa shape index (κ3) is 7.20. The molecule has 0 saturated carbocycles. The topological polar surface area (TPSA) is 63.2 Å². The van der Waals surface area contributed by atoms with E-state index in [0.29, 0.717) is 11.4 Å². The van der Waals surface area contributed by atoms with Crippen LogP contribution in [0.5, 0.6) is 0 Å². The minimum Gasteiger partial charge on any atom is -0.349 e. The summed E-state index contributed by atoms with van der Waals surface area (Å²) in [5.41, 5.74) is 0.911. The van der Waals surface area contributed by atoms with E-state index >= 15 is 0 Å². The van der Waals surface area contributed by atoms with Crippen LogP contribution in [0.4, 0.5) is 0 Å². The van der Waals surface area contributed by atoms with Gasteiger partial charge in [0, 0.05) is 22.6 Å². The van der Waals surface area contributed by atoms with Gasteiger partial charge in [0.2, 0.25) is 5.91 Å². The average Bonchev–Trinajstić information content (AvgIpc) is 2.64. The largest absolute Gasteiger partial charge is 0.349 e. The van der Waals surface area contributed by atoms with Crippen LogP contribution in [0, 0.1) is 0 Å². The molecule has 4 nitrogen and oxygen atoms in total. The maximum Gasteiger partial charge on any atom is 0.220 e. The molecule has 0 unspecified atom stereocenters. The first-order valence-corrected chi connectivity index (χ1v) is 12.0. The average molecular weight is 426 g/mol. The molecule has 0 bridgehead atoms. The van der Waals surface area contributed by atoms with Crippen molar-refractivity contribution in [3.8, 4) is 0 Å². The van der Waals surface area contributed by atoms with Crippen LogP contribution >= 0.6 is 23.4 Å². The first kappa shape index (κ1) is 21.8. The van der Waals surface area contributed by atoms with Gasteiger partial charge < -0.3 is 5.32 Å². The van der Waals surface area contributed by atoms with Gasteiger partial charge in [0.05, 0.1) is 10.9 Å². The van der Waals surface area contributed by atoms with E-state index in [0.717, 1.165) is 29.1 Å². The summed E-state index contributed by atoms with van der Waals surface area (Å²) in [5, 5.41) is 3.75. The molecule has 2 aromatic carbocycles. The molecular formula is C20H24ClNO3S2. The maximum atomic E-state index is 12.2. The molecule has 0 spiro atoms. The first-order chi connectivity index (χ1) is 12.8. The number of halogens is 1. The van der Waals surface area contributed by atoms with Crippen molar-refractivity contribution in [2.24, 2.45) is 0 Å². The number of sulfone groups is 1. The number of nitrogens with one attached hydrogen (secondary N) is 1. The SMILES string of the molecule is CC[C@@H](NC(=O)CCCSc1ccc(Cl)cc1)c1ccc(S(C)(=O)=O)cc1. The Bertz CT molecular complexity index is 850. The normalized spacial score (nSPS) is 12.6. The molecule has 2 rings (SSSR count). The number of hydrogen-bond acceptors (Lipinski definition) is 4. The Balaban J connectivity index is 1.81. The molecular weight excluding hydrogens is 402 g/mol.